The van der Waals surface area contributed by atoms with Gasteiger partial charge in [-0.05, 0) is 50.3 Å². The number of methoxy groups -OCH3 is 3. The fourth-order valence-corrected chi connectivity index (χ4v) is 5.73. The van der Waals surface area contributed by atoms with Crippen molar-refractivity contribution in [1.82, 2.24) is 9.88 Å². The number of anilines is 1. The minimum atomic E-state index is -0.291. The van der Waals surface area contributed by atoms with Gasteiger partial charge in [0.25, 0.3) is 0 Å². The Morgan fingerprint density at radius 3 is 2.31 bits per heavy atom. The Hall–Kier alpha value is -3.13. The lowest BCUT2D eigenvalue weighted by molar-refractivity contribution is 0.249. The van der Waals surface area contributed by atoms with Crippen LogP contribution in [-0.2, 0) is 12.8 Å². The predicted molar refractivity (Wildman–Crippen MR) is 127 cm³/mol. The monoisotopic (exact) mass is 455 g/mol. The number of ether oxygens (including phenoxy) is 3. The number of rotatable bonds is 7. The number of carbonyl (C=O) groups excluding carboxylic acids is 1. The topological polar surface area (TPSA) is 73.8 Å². The van der Waals surface area contributed by atoms with Crippen LogP contribution in [0.15, 0.2) is 36.7 Å². The maximum atomic E-state index is 12.9. The molecule has 1 atom stereocenters. The third kappa shape index (κ3) is 4.27. The van der Waals surface area contributed by atoms with E-state index in [1.807, 2.05) is 30.4 Å². The summed E-state index contributed by atoms with van der Waals surface area (Å²) in [5.74, 6) is 1.45. The molecule has 2 aromatic heterocycles. The lowest BCUT2D eigenvalue weighted by atomic mass is 9.93. The molecule has 3 aromatic rings. The number of benzene rings is 1. The van der Waals surface area contributed by atoms with Gasteiger partial charge in [-0.15, -0.1) is 11.3 Å². The van der Waals surface area contributed by atoms with Gasteiger partial charge in [0.05, 0.1) is 33.1 Å². The van der Waals surface area contributed by atoms with Crippen molar-refractivity contribution in [2.24, 2.45) is 0 Å². The first-order valence-electron chi connectivity index (χ1n) is 10.7. The summed E-state index contributed by atoms with van der Waals surface area (Å²) >= 11 is 1.84. The van der Waals surface area contributed by atoms with E-state index in [4.69, 9.17) is 14.2 Å². The molecule has 0 saturated carbocycles. The van der Waals surface area contributed by atoms with E-state index in [1.165, 1.54) is 33.8 Å². The van der Waals surface area contributed by atoms with E-state index in [1.54, 1.807) is 33.5 Å². The minimum Gasteiger partial charge on any atom is -0.493 e. The molecule has 0 unspecified atom stereocenters. The van der Waals surface area contributed by atoms with Crippen LogP contribution in [-0.4, -0.2) is 31.9 Å². The number of thiophene rings is 1. The van der Waals surface area contributed by atoms with Crippen molar-refractivity contribution < 1.29 is 19.0 Å². The van der Waals surface area contributed by atoms with Crippen LogP contribution in [0.3, 0.4) is 0 Å². The second-order valence-corrected chi connectivity index (χ2v) is 8.84. The van der Waals surface area contributed by atoms with Crippen molar-refractivity contribution in [3.8, 4) is 22.2 Å². The Morgan fingerprint density at radius 2 is 1.69 bits per heavy atom. The molecule has 1 aliphatic rings. The lowest BCUT2D eigenvalue weighted by Crippen LogP contribution is -2.32. The number of hydrogen-bond acceptors (Lipinski definition) is 5. The molecular formula is C24H29N3O4S. The van der Waals surface area contributed by atoms with Crippen molar-refractivity contribution in [3.63, 3.8) is 0 Å². The Kier molecular flexibility index (Phi) is 6.60. The summed E-state index contributed by atoms with van der Waals surface area (Å²) < 4.78 is 18.3. The zero-order valence-corrected chi connectivity index (χ0v) is 19.7. The predicted octanol–water partition coefficient (Wildman–Crippen LogP) is 5.33. The second kappa shape index (κ2) is 9.56. The van der Waals surface area contributed by atoms with E-state index < -0.39 is 0 Å². The lowest BCUT2D eigenvalue weighted by Gasteiger charge is -2.20. The van der Waals surface area contributed by atoms with Crippen LogP contribution < -0.4 is 24.8 Å². The van der Waals surface area contributed by atoms with Gasteiger partial charge < -0.3 is 29.4 Å². The van der Waals surface area contributed by atoms with Crippen molar-refractivity contribution in [3.05, 3.63) is 52.7 Å². The Bertz CT molecular complexity index is 1070. The maximum absolute atomic E-state index is 12.9. The van der Waals surface area contributed by atoms with Crippen molar-refractivity contribution in [1.29, 1.82) is 0 Å². The second-order valence-electron chi connectivity index (χ2n) is 7.75. The van der Waals surface area contributed by atoms with Gasteiger partial charge in [-0.25, -0.2) is 4.79 Å². The Morgan fingerprint density at radius 1 is 1.03 bits per heavy atom. The summed E-state index contributed by atoms with van der Waals surface area (Å²) in [5.41, 5.74) is 3.16. The van der Waals surface area contributed by atoms with E-state index in [9.17, 15) is 4.79 Å². The van der Waals surface area contributed by atoms with Gasteiger partial charge in [0.1, 0.15) is 5.00 Å². The number of nitrogens with zero attached hydrogens (tertiary/aromatic N) is 1. The quantitative estimate of drug-likeness (QED) is 0.505. The molecule has 32 heavy (non-hydrogen) atoms. The zero-order chi connectivity index (χ0) is 22.7. The molecule has 170 valence electrons. The number of urea groups is 1. The van der Waals surface area contributed by atoms with Gasteiger partial charge in [-0.1, -0.05) is 0 Å². The molecule has 7 nitrogen and oxygen atoms in total. The van der Waals surface area contributed by atoms with Gasteiger partial charge in [0.2, 0.25) is 5.75 Å². The SMILES string of the molecule is COc1cc(NC(=O)N[C@@H](C)c2c(-n3cccc3)sc3c2CCCC3)cc(OC)c1OC. The van der Waals surface area contributed by atoms with Gasteiger partial charge in [0.15, 0.2) is 11.5 Å². The molecule has 2 heterocycles. The zero-order valence-electron chi connectivity index (χ0n) is 18.9. The average Bonchev–Trinajstić information content (AvgIpc) is 3.45. The highest BCUT2D eigenvalue weighted by molar-refractivity contribution is 7.15. The number of amides is 2. The highest BCUT2D eigenvalue weighted by atomic mass is 32.1. The molecule has 2 amide bonds. The van der Waals surface area contributed by atoms with E-state index in [0.717, 1.165) is 12.8 Å². The summed E-state index contributed by atoms with van der Waals surface area (Å²) in [6, 6.07) is 7.04. The minimum absolute atomic E-state index is 0.146. The molecule has 0 bridgehead atoms. The van der Waals surface area contributed by atoms with Crippen LogP contribution in [0.25, 0.3) is 5.00 Å². The standard InChI is InChI=1S/C24H29N3O4S/c1-15(21-17-9-5-6-10-20(17)32-23(21)27-11-7-8-12-27)25-24(28)26-16-13-18(29-2)22(31-4)19(14-16)30-3/h7-8,11-15H,5-6,9-10H2,1-4H3,(H2,25,26,28)/t15-/m0/s1. The van der Waals surface area contributed by atoms with Crippen LogP contribution in [0.1, 0.15) is 41.8 Å². The number of carbonyl (C=O) groups is 1. The molecule has 8 heteroatoms. The Balaban J connectivity index is 1.57. The van der Waals surface area contributed by atoms with Crippen molar-refractivity contribution in [2.75, 3.05) is 26.6 Å². The first kappa shape index (κ1) is 22.1. The molecule has 2 N–H and O–H groups in total. The Labute approximate surface area is 192 Å². The first-order chi connectivity index (χ1) is 15.5. The molecule has 0 fully saturated rings. The normalized spacial score (nSPS) is 13.8. The van der Waals surface area contributed by atoms with Crippen LogP contribution >= 0.6 is 11.3 Å². The molecule has 1 aromatic carbocycles. The highest BCUT2D eigenvalue weighted by Gasteiger charge is 2.26. The van der Waals surface area contributed by atoms with Crippen LogP contribution in [0.2, 0.25) is 0 Å². The van der Waals surface area contributed by atoms with Crippen LogP contribution in [0.5, 0.6) is 17.2 Å². The highest BCUT2D eigenvalue weighted by Crippen LogP contribution is 2.41. The molecular weight excluding hydrogens is 426 g/mol. The van der Waals surface area contributed by atoms with Crippen LogP contribution in [0.4, 0.5) is 10.5 Å². The van der Waals surface area contributed by atoms with E-state index in [2.05, 4.69) is 27.6 Å². The van der Waals surface area contributed by atoms with Gasteiger partial charge in [-0.2, -0.15) is 0 Å². The molecule has 0 radical (unpaired) electrons. The summed E-state index contributed by atoms with van der Waals surface area (Å²) in [6.07, 6.45) is 8.70. The summed E-state index contributed by atoms with van der Waals surface area (Å²) in [7, 11) is 4.64. The van der Waals surface area contributed by atoms with Crippen LogP contribution in [0, 0.1) is 0 Å². The third-order valence-corrected chi connectivity index (χ3v) is 7.06. The largest absolute Gasteiger partial charge is 0.493 e. The molecule has 0 saturated heterocycles. The number of hydrogen-bond donors (Lipinski definition) is 2. The number of aromatic nitrogens is 1. The molecule has 1 aliphatic carbocycles. The average molecular weight is 456 g/mol. The van der Waals surface area contributed by atoms with E-state index >= 15 is 0 Å². The number of fused-ring (bicyclic) bond motifs is 1. The van der Waals surface area contributed by atoms with Gasteiger partial charge in [-0.3, -0.25) is 0 Å². The fourth-order valence-electron chi connectivity index (χ4n) is 4.27. The summed E-state index contributed by atoms with van der Waals surface area (Å²) in [5, 5.41) is 7.20. The molecule has 0 aliphatic heterocycles. The van der Waals surface area contributed by atoms with Gasteiger partial charge in [0, 0.05) is 35.0 Å². The van der Waals surface area contributed by atoms with E-state index in [-0.39, 0.29) is 12.1 Å². The van der Waals surface area contributed by atoms with Crippen molar-refractivity contribution in [2.45, 2.75) is 38.6 Å². The summed E-state index contributed by atoms with van der Waals surface area (Å²) in [4.78, 5) is 14.3. The first-order valence-corrected chi connectivity index (χ1v) is 11.5. The third-order valence-electron chi connectivity index (χ3n) is 5.73. The molecule has 4 rings (SSSR count). The molecule has 0 spiro atoms. The fraction of sp³-hybridized carbons (Fsp3) is 0.375. The number of nitrogens with one attached hydrogen (secondary N) is 2. The maximum Gasteiger partial charge on any atom is 0.319 e. The van der Waals surface area contributed by atoms with Gasteiger partial charge >= 0.3 is 6.03 Å². The smallest absolute Gasteiger partial charge is 0.319 e. The summed E-state index contributed by atoms with van der Waals surface area (Å²) in [6.45, 7) is 2.04. The number of aryl methyl sites for hydroxylation is 1. The van der Waals surface area contributed by atoms with E-state index in [0.29, 0.717) is 22.9 Å². The van der Waals surface area contributed by atoms with Crippen molar-refractivity contribution >= 4 is 23.1 Å².